The van der Waals surface area contributed by atoms with Crippen molar-refractivity contribution in [3.05, 3.63) is 42.0 Å². The fourth-order valence-electron chi connectivity index (χ4n) is 2.02. The minimum absolute atomic E-state index is 0.0960. The number of carboxylic acids is 1. The number of amides is 1. The molecule has 122 valence electrons. The minimum Gasteiger partial charge on any atom is -0.480 e. The van der Waals surface area contributed by atoms with Crippen LogP contribution in [0.2, 0.25) is 0 Å². The summed E-state index contributed by atoms with van der Waals surface area (Å²) in [5.41, 5.74) is 0.957. The zero-order valence-corrected chi connectivity index (χ0v) is 12.7. The summed E-state index contributed by atoms with van der Waals surface area (Å²) < 4.78 is 18.1. The Balaban J connectivity index is 2.02. The first-order valence-electron chi connectivity index (χ1n) is 7.09. The summed E-state index contributed by atoms with van der Waals surface area (Å²) in [7, 11) is 0. The third-order valence-corrected chi connectivity index (χ3v) is 3.23. The Morgan fingerprint density at radius 3 is 2.52 bits per heavy atom. The van der Waals surface area contributed by atoms with Crippen LogP contribution in [0.1, 0.15) is 19.5 Å². The van der Waals surface area contributed by atoms with Crippen LogP contribution in [-0.2, 0) is 16.0 Å². The number of hydrogen-bond donors (Lipinski definition) is 2. The zero-order chi connectivity index (χ0) is 17.0. The van der Waals surface area contributed by atoms with Crippen molar-refractivity contribution in [1.29, 1.82) is 0 Å². The van der Waals surface area contributed by atoms with Crippen LogP contribution in [0.5, 0.6) is 0 Å². The van der Waals surface area contributed by atoms with Gasteiger partial charge in [0.25, 0.3) is 0 Å². The van der Waals surface area contributed by atoms with Gasteiger partial charge in [-0.05, 0) is 30.2 Å². The van der Waals surface area contributed by atoms with Crippen LogP contribution in [0.3, 0.4) is 0 Å². The standard InChI is InChI=1S/C16H17FN2O4/c1-9(2)14(16(21)22)19-13(20)7-12-8-23-15(18-12)10-3-5-11(17)6-4-10/h3-6,8-9,14H,7H2,1-2H3,(H,19,20)(H,21,22). The number of benzene rings is 1. The maximum absolute atomic E-state index is 12.9. The number of carboxylic acid groups (broad SMARTS) is 1. The van der Waals surface area contributed by atoms with Crippen LogP contribution in [0.4, 0.5) is 4.39 Å². The van der Waals surface area contributed by atoms with E-state index < -0.39 is 17.9 Å². The molecule has 0 aliphatic heterocycles. The van der Waals surface area contributed by atoms with Crippen molar-refractivity contribution in [2.75, 3.05) is 0 Å². The second-order valence-corrected chi connectivity index (χ2v) is 5.46. The number of rotatable bonds is 6. The Morgan fingerprint density at radius 1 is 1.30 bits per heavy atom. The summed E-state index contributed by atoms with van der Waals surface area (Å²) in [5, 5.41) is 11.5. The van der Waals surface area contributed by atoms with Gasteiger partial charge in [0.15, 0.2) is 0 Å². The molecule has 1 aromatic carbocycles. The van der Waals surface area contributed by atoms with Gasteiger partial charge >= 0.3 is 5.97 Å². The maximum Gasteiger partial charge on any atom is 0.326 e. The number of aliphatic carboxylic acids is 1. The summed E-state index contributed by atoms with van der Waals surface area (Å²) in [4.78, 5) is 27.1. The quantitative estimate of drug-likeness (QED) is 0.851. The highest BCUT2D eigenvalue weighted by molar-refractivity contribution is 5.84. The van der Waals surface area contributed by atoms with Crippen LogP contribution in [0.15, 0.2) is 34.9 Å². The lowest BCUT2D eigenvalue weighted by Gasteiger charge is -2.17. The molecule has 0 radical (unpaired) electrons. The van der Waals surface area contributed by atoms with Gasteiger partial charge in [-0.2, -0.15) is 0 Å². The molecule has 1 amide bonds. The van der Waals surface area contributed by atoms with Gasteiger partial charge in [-0.25, -0.2) is 14.2 Å². The van der Waals surface area contributed by atoms with Gasteiger partial charge < -0.3 is 14.8 Å². The van der Waals surface area contributed by atoms with E-state index in [9.17, 15) is 14.0 Å². The number of carbonyl (C=O) groups excluding carboxylic acids is 1. The first-order chi connectivity index (χ1) is 10.9. The molecule has 2 rings (SSSR count). The first-order valence-corrected chi connectivity index (χ1v) is 7.09. The van der Waals surface area contributed by atoms with Crippen molar-refractivity contribution in [3.63, 3.8) is 0 Å². The SMILES string of the molecule is CC(C)C(NC(=O)Cc1coc(-c2ccc(F)cc2)n1)C(=O)O. The molecular formula is C16H17FN2O4. The highest BCUT2D eigenvalue weighted by Gasteiger charge is 2.23. The molecule has 2 aromatic rings. The van der Waals surface area contributed by atoms with Gasteiger partial charge in [0.05, 0.1) is 12.1 Å². The Hall–Kier alpha value is -2.70. The second kappa shape index (κ2) is 7.04. The Morgan fingerprint density at radius 2 is 1.96 bits per heavy atom. The molecular weight excluding hydrogens is 303 g/mol. The fraction of sp³-hybridized carbons (Fsp3) is 0.312. The highest BCUT2D eigenvalue weighted by Crippen LogP contribution is 2.19. The molecule has 0 saturated carbocycles. The Labute approximate surface area is 132 Å². The van der Waals surface area contributed by atoms with Crippen molar-refractivity contribution in [1.82, 2.24) is 10.3 Å². The van der Waals surface area contributed by atoms with Crippen molar-refractivity contribution in [2.45, 2.75) is 26.3 Å². The van der Waals surface area contributed by atoms with Crippen molar-refractivity contribution in [2.24, 2.45) is 5.92 Å². The van der Waals surface area contributed by atoms with Crippen molar-refractivity contribution >= 4 is 11.9 Å². The van der Waals surface area contributed by atoms with Gasteiger partial charge in [-0.3, -0.25) is 4.79 Å². The molecule has 23 heavy (non-hydrogen) atoms. The molecule has 0 aliphatic carbocycles. The topological polar surface area (TPSA) is 92.4 Å². The number of nitrogens with one attached hydrogen (secondary N) is 1. The summed E-state index contributed by atoms with van der Waals surface area (Å²) in [6, 6.07) is 4.65. The molecule has 0 spiro atoms. The molecule has 0 aliphatic rings. The van der Waals surface area contributed by atoms with E-state index in [0.29, 0.717) is 11.3 Å². The van der Waals surface area contributed by atoms with Crippen LogP contribution in [0, 0.1) is 11.7 Å². The Kier molecular flexibility index (Phi) is 5.10. The lowest BCUT2D eigenvalue weighted by molar-refractivity contribution is -0.143. The lowest BCUT2D eigenvalue weighted by atomic mass is 10.0. The predicted molar refractivity (Wildman–Crippen MR) is 80.0 cm³/mol. The smallest absolute Gasteiger partial charge is 0.326 e. The average Bonchev–Trinajstić information content (AvgIpc) is 2.93. The predicted octanol–water partition coefficient (Wildman–Crippen LogP) is 2.25. The second-order valence-electron chi connectivity index (χ2n) is 5.46. The molecule has 0 bridgehead atoms. The third-order valence-electron chi connectivity index (χ3n) is 3.23. The molecule has 1 unspecified atom stereocenters. The van der Waals surface area contributed by atoms with Gasteiger partial charge in [-0.15, -0.1) is 0 Å². The van der Waals surface area contributed by atoms with E-state index in [4.69, 9.17) is 9.52 Å². The van der Waals surface area contributed by atoms with Crippen LogP contribution in [-0.4, -0.2) is 28.0 Å². The molecule has 1 heterocycles. The number of aromatic nitrogens is 1. The van der Waals surface area contributed by atoms with E-state index in [1.54, 1.807) is 13.8 Å². The van der Waals surface area contributed by atoms with Crippen molar-refractivity contribution in [3.8, 4) is 11.5 Å². The molecule has 0 fully saturated rings. The van der Waals surface area contributed by atoms with E-state index >= 15 is 0 Å². The maximum atomic E-state index is 12.9. The van der Waals surface area contributed by atoms with Gasteiger partial charge in [0.2, 0.25) is 11.8 Å². The number of hydrogen-bond acceptors (Lipinski definition) is 4. The van der Waals surface area contributed by atoms with E-state index in [1.807, 2.05) is 0 Å². The molecule has 7 heteroatoms. The van der Waals surface area contributed by atoms with E-state index in [0.717, 1.165) is 0 Å². The van der Waals surface area contributed by atoms with Gasteiger partial charge in [-0.1, -0.05) is 13.8 Å². The first kappa shape index (κ1) is 16.7. The molecule has 0 saturated heterocycles. The number of nitrogens with zero attached hydrogens (tertiary/aromatic N) is 1. The van der Waals surface area contributed by atoms with E-state index in [2.05, 4.69) is 10.3 Å². The Bertz CT molecular complexity index is 694. The summed E-state index contributed by atoms with van der Waals surface area (Å²) >= 11 is 0. The number of halogens is 1. The lowest BCUT2D eigenvalue weighted by Crippen LogP contribution is -2.44. The van der Waals surface area contributed by atoms with Crippen LogP contribution >= 0.6 is 0 Å². The van der Waals surface area contributed by atoms with Gasteiger partial charge in [0.1, 0.15) is 18.1 Å². The number of oxazole rings is 1. The van der Waals surface area contributed by atoms with Crippen molar-refractivity contribution < 1.29 is 23.5 Å². The summed E-state index contributed by atoms with van der Waals surface area (Å²) in [6.07, 6.45) is 1.23. The van der Waals surface area contributed by atoms with Crippen LogP contribution in [0.25, 0.3) is 11.5 Å². The zero-order valence-electron chi connectivity index (χ0n) is 12.7. The van der Waals surface area contributed by atoms with Gasteiger partial charge in [0, 0.05) is 5.56 Å². The molecule has 2 N–H and O–H groups in total. The number of carbonyl (C=O) groups is 2. The average molecular weight is 320 g/mol. The monoisotopic (exact) mass is 320 g/mol. The van der Waals surface area contributed by atoms with E-state index in [-0.39, 0.29) is 24.0 Å². The highest BCUT2D eigenvalue weighted by atomic mass is 19.1. The summed E-state index contributed by atoms with van der Waals surface area (Å²) in [5.74, 6) is -1.87. The molecule has 1 atom stereocenters. The molecule has 6 nitrogen and oxygen atoms in total. The largest absolute Gasteiger partial charge is 0.480 e. The fourth-order valence-corrected chi connectivity index (χ4v) is 2.02. The normalized spacial score (nSPS) is 12.2. The third kappa shape index (κ3) is 4.38. The molecule has 1 aromatic heterocycles. The van der Waals surface area contributed by atoms with E-state index in [1.165, 1.54) is 30.5 Å². The summed E-state index contributed by atoms with van der Waals surface area (Å²) in [6.45, 7) is 3.42. The van der Waals surface area contributed by atoms with Crippen LogP contribution < -0.4 is 5.32 Å². The minimum atomic E-state index is -1.08.